The zero-order valence-corrected chi connectivity index (χ0v) is 12.2. The average molecular weight is 301 g/mol. The zero-order valence-electron chi connectivity index (χ0n) is 11.3. The molecule has 1 heterocycles. The maximum absolute atomic E-state index is 12.1. The highest BCUT2D eigenvalue weighted by atomic mass is 32.2. The number of hydrogen-bond donors (Lipinski definition) is 3. The first-order chi connectivity index (χ1) is 9.39. The highest BCUT2D eigenvalue weighted by Gasteiger charge is 2.42. The van der Waals surface area contributed by atoms with E-state index in [-0.39, 0.29) is 11.6 Å². The molecule has 0 atom stereocenters. The van der Waals surface area contributed by atoms with Crippen LogP contribution in [0.4, 0.5) is 0 Å². The summed E-state index contributed by atoms with van der Waals surface area (Å²) in [6.07, 6.45) is 4.51. The van der Waals surface area contributed by atoms with E-state index in [1.165, 1.54) is 6.20 Å². The van der Waals surface area contributed by atoms with Crippen LogP contribution < -0.4 is 4.72 Å². The van der Waals surface area contributed by atoms with Gasteiger partial charge >= 0.3 is 5.97 Å². The fourth-order valence-corrected chi connectivity index (χ4v) is 3.55. The summed E-state index contributed by atoms with van der Waals surface area (Å²) in [5, 5.41) is 9.30. The summed E-state index contributed by atoms with van der Waals surface area (Å²) in [5.41, 5.74) is -0.972. The van der Waals surface area contributed by atoms with E-state index in [1.807, 2.05) is 6.92 Å². The van der Waals surface area contributed by atoms with Crippen molar-refractivity contribution in [3.05, 3.63) is 12.0 Å². The van der Waals surface area contributed by atoms with Gasteiger partial charge in [0.2, 0.25) is 0 Å². The van der Waals surface area contributed by atoms with Gasteiger partial charge in [-0.25, -0.2) is 18.1 Å². The van der Waals surface area contributed by atoms with Crippen LogP contribution in [0.2, 0.25) is 0 Å². The molecule has 0 aliphatic heterocycles. The molecule has 0 bridgehead atoms. The molecule has 0 radical (unpaired) electrons. The van der Waals surface area contributed by atoms with Crippen LogP contribution in [0, 0.1) is 5.41 Å². The predicted molar refractivity (Wildman–Crippen MR) is 71.7 cm³/mol. The number of rotatable bonds is 6. The Morgan fingerprint density at radius 1 is 1.50 bits per heavy atom. The Morgan fingerprint density at radius 2 is 2.15 bits per heavy atom. The number of aryl methyl sites for hydroxylation is 1. The van der Waals surface area contributed by atoms with Gasteiger partial charge in [0.05, 0.1) is 11.6 Å². The van der Waals surface area contributed by atoms with E-state index in [4.69, 9.17) is 0 Å². The maximum Gasteiger partial charge on any atom is 0.310 e. The minimum Gasteiger partial charge on any atom is -0.481 e. The summed E-state index contributed by atoms with van der Waals surface area (Å²) >= 11 is 0. The third-order valence-corrected chi connectivity index (χ3v) is 5.16. The van der Waals surface area contributed by atoms with Gasteiger partial charge in [0.15, 0.2) is 5.03 Å². The van der Waals surface area contributed by atoms with Crippen LogP contribution in [-0.2, 0) is 21.2 Å². The lowest BCUT2D eigenvalue weighted by Crippen LogP contribution is -2.41. The van der Waals surface area contributed by atoms with Gasteiger partial charge in [0, 0.05) is 13.0 Å². The van der Waals surface area contributed by atoms with E-state index in [1.54, 1.807) is 0 Å². The van der Waals surface area contributed by atoms with Gasteiger partial charge in [0.1, 0.15) is 5.82 Å². The van der Waals surface area contributed by atoms with Gasteiger partial charge in [-0.15, -0.1) is 0 Å². The first-order valence-corrected chi connectivity index (χ1v) is 8.15. The molecular formula is C12H19N3O4S. The molecule has 0 unspecified atom stereocenters. The van der Waals surface area contributed by atoms with Crippen LogP contribution in [0.15, 0.2) is 11.2 Å². The summed E-state index contributed by atoms with van der Waals surface area (Å²) in [7, 11) is -3.74. The molecule has 1 aromatic rings. The Bertz CT molecular complexity index is 588. The molecule has 1 aromatic heterocycles. The van der Waals surface area contributed by atoms with E-state index < -0.39 is 21.4 Å². The lowest BCUT2D eigenvalue weighted by molar-refractivity contribution is -0.148. The van der Waals surface area contributed by atoms with Crippen molar-refractivity contribution in [2.75, 3.05) is 6.54 Å². The number of nitrogens with zero attached hydrogens (tertiary/aromatic N) is 1. The van der Waals surface area contributed by atoms with E-state index >= 15 is 0 Å². The molecule has 3 N–H and O–H groups in total. The Labute approximate surface area is 117 Å². The standard InChI is InChI=1S/C12H19N3O4S/c1-2-9-13-7-10(15-9)20(18,19)14-8-12(11(16)17)5-3-4-6-12/h7,14H,2-6,8H2,1H3,(H,13,15)(H,16,17). The van der Waals surface area contributed by atoms with Crippen LogP contribution in [0.1, 0.15) is 38.4 Å². The second-order valence-corrected chi connectivity index (χ2v) is 6.90. The number of H-pyrrole nitrogens is 1. The van der Waals surface area contributed by atoms with Crippen LogP contribution >= 0.6 is 0 Å². The number of aromatic nitrogens is 2. The molecule has 1 aliphatic rings. The van der Waals surface area contributed by atoms with E-state index in [0.29, 0.717) is 25.1 Å². The summed E-state index contributed by atoms with van der Waals surface area (Å²) in [6.45, 7) is 1.78. The number of carboxylic acids is 1. The molecule has 0 aromatic carbocycles. The Kier molecular flexibility index (Phi) is 4.14. The van der Waals surface area contributed by atoms with Crippen LogP contribution in [0.5, 0.6) is 0 Å². The van der Waals surface area contributed by atoms with Crippen molar-refractivity contribution in [3.63, 3.8) is 0 Å². The molecule has 1 saturated carbocycles. The van der Waals surface area contributed by atoms with Gasteiger partial charge in [-0.05, 0) is 12.8 Å². The van der Waals surface area contributed by atoms with Gasteiger partial charge in [-0.3, -0.25) is 4.79 Å². The molecule has 2 rings (SSSR count). The highest BCUT2D eigenvalue weighted by Crippen LogP contribution is 2.38. The topological polar surface area (TPSA) is 112 Å². The second-order valence-electron chi connectivity index (χ2n) is 5.16. The maximum atomic E-state index is 12.1. The number of hydrogen-bond acceptors (Lipinski definition) is 4. The molecule has 8 heteroatoms. The van der Waals surface area contributed by atoms with Gasteiger partial charge in [-0.1, -0.05) is 19.8 Å². The molecular weight excluding hydrogens is 282 g/mol. The summed E-state index contributed by atoms with van der Waals surface area (Å²) in [5.74, 6) is -0.351. The normalized spacial score (nSPS) is 18.2. The van der Waals surface area contributed by atoms with Gasteiger partial charge < -0.3 is 10.1 Å². The van der Waals surface area contributed by atoms with Crippen LogP contribution in [-0.4, -0.2) is 36.0 Å². The fourth-order valence-electron chi connectivity index (χ4n) is 2.49. The number of aromatic amines is 1. The van der Waals surface area contributed by atoms with E-state index in [9.17, 15) is 18.3 Å². The average Bonchev–Trinajstić information content (AvgIpc) is 3.06. The Hall–Kier alpha value is -1.41. The van der Waals surface area contributed by atoms with Crippen molar-refractivity contribution < 1.29 is 18.3 Å². The first kappa shape index (κ1) is 15.0. The number of imidazole rings is 1. The lowest BCUT2D eigenvalue weighted by Gasteiger charge is -2.23. The number of carbonyl (C=O) groups is 1. The monoisotopic (exact) mass is 301 g/mol. The smallest absolute Gasteiger partial charge is 0.310 e. The molecule has 7 nitrogen and oxygen atoms in total. The van der Waals surface area contributed by atoms with Crippen molar-refractivity contribution >= 4 is 16.0 Å². The zero-order chi connectivity index (χ0) is 14.8. The van der Waals surface area contributed by atoms with E-state index in [2.05, 4.69) is 14.7 Å². The van der Waals surface area contributed by atoms with Gasteiger partial charge in [-0.2, -0.15) is 0 Å². The Balaban J connectivity index is 2.10. The Morgan fingerprint density at radius 3 is 2.65 bits per heavy atom. The molecule has 0 saturated heterocycles. The van der Waals surface area contributed by atoms with Crippen molar-refractivity contribution in [2.24, 2.45) is 5.41 Å². The molecule has 112 valence electrons. The van der Waals surface area contributed by atoms with Crippen molar-refractivity contribution in [3.8, 4) is 0 Å². The van der Waals surface area contributed by atoms with Crippen molar-refractivity contribution in [1.82, 2.24) is 14.7 Å². The lowest BCUT2D eigenvalue weighted by atomic mass is 9.87. The summed E-state index contributed by atoms with van der Waals surface area (Å²) in [4.78, 5) is 18.0. The fraction of sp³-hybridized carbons (Fsp3) is 0.667. The summed E-state index contributed by atoms with van der Waals surface area (Å²) < 4.78 is 26.6. The van der Waals surface area contributed by atoms with Crippen molar-refractivity contribution in [2.45, 2.75) is 44.1 Å². The molecule has 0 spiro atoms. The number of carboxylic acid groups (broad SMARTS) is 1. The molecule has 1 fully saturated rings. The minimum atomic E-state index is -3.74. The molecule has 1 aliphatic carbocycles. The third kappa shape index (κ3) is 2.85. The largest absolute Gasteiger partial charge is 0.481 e. The molecule has 20 heavy (non-hydrogen) atoms. The van der Waals surface area contributed by atoms with Gasteiger partial charge in [0.25, 0.3) is 10.0 Å². The predicted octanol–water partition coefficient (Wildman–Crippen LogP) is 0.895. The first-order valence-electron chi connectivity index (χ1n) is 6.66. The summed E-state index contributed by atoms with van der Waals surface area (Å²) in [6, 6.07) is 0. The van der Waals surface area contributed by atoms with Crippen LogP contribution in [0.25, 0.3) is 0 Å². The third-order valence-electron chi connectivity index (χ3n) is 3.84. The van der Waals surface area contributed by atoms with E-state index in [0.717, 1.165) is 12.8 Å². The highest BCUT2D eigenvalue weighted by molar-refractivity contribution is 7.89. The number of sulfonamides is 1. The quantitative estimate of drug-likeness (QED) is 0.722. The number of aliphatic carboxylic acids is 1. The van der Waals surface area contributed by atoms with Crippen molar-refractivity contribution in [1.29, 1.82) is 0 Å². The SMILES string of the molecule is CCc1ncc(S(=O)(=O)NCC2(C(=O)O)CCCC2)[nH]1. The number of nitrogens with one attached hydrogen (secondary N) is 2. The second kappa shape index (κ2) is 5.53. The minimum absolute atomic E-state index is 0.0205. The van der Waals surface area contributed by atoms with Crippen LogP contribution in [0.3, 0.4) is 0 Å². The molecule has 0 amide bonds.